The molecule has 1 atom stereocenters. The van der Waals surface area contributed by atoms with Gasteiger partial charge in [0, 0.05) is 4.47 Å². The molecule has 0 radical (unpaired) electrons. The highest BCUT2D eigenvalue weighted by Gasteiger charge is 2.15. The molecular formula is C17H14BrFN4O. The number of amides is 1. The van der Waals surface area contributed by atoms with Crippen LogP contribution in [0, 0.1) is 5.82 Å². The van der Waals surface area contributed by atoms with Gasteiger partial charge in [0.2, 0.25) is 0 Å². The Morgan fingerprint density at radius 3 is 2.62 bits per heavy atom. The van der Waals surface area contributed by atoms with Gasteiger partial charge < -0.3 is 5.32 Å². The van der Waals surface area contributed by atoms with E-state index in [0.717, 1.165) is 11.3 Å². The van der Waals surface area contributed by atoms with Gasteiger partial charge in [0.05, 0.1) is 17.3 Å². The zero-order valence-corrected chi connectivity index (χ0v) is 14.4. The number of rotatable bonds is 4. The lowest BCUT2D eigenvalue weighted by molar-refractivity contribution is 0.0936. The molecule has 122 valence electrons. The maximum absolute atomic E-state index is 13.9. The highest BCUT2D eigenvalue weighted by molar-refractivity contribution is 9.10. The van der Waals surface area contributed by atoms with Crippen LogP contribution in [0.5, 0.6) is 0 Å². The molecule has 0 aliphatic rings. The summed E-state index contributed by atoms with van der Waals surface area (Å²) in [5, 5.41) is 6.85. The molecule has 1 heterocycles. The number of nitrogens with one attached hydrogen (secondary N) is 1. The van der Waals surface area contributed by atoms with Crippen molar-refractivity contribution >= 4 is 21.8 Å². The fraction of sp³-hybridized carbons (Fsp3) is 0.118. The van der Waals surface area contributed by atoms with Gasteiger partial charge in [-0.15, -0.1) is 0 Å². The van der Waals surface area contributed by atoms with Gasteiger partial charge in [-0.25, -0.2) is 14.1 Å². The summed E-state index contributed by atoms with van der Waals surface area (Å²) in [5.41, 5.74) is 1.79. The standard InChI is InChI=1S/C17H14BrFN4O/c1-11(22-17(24)15-7-4-13(18)8-16(15)19)12-2-5-14(6-3-12)23-10-20-9-21-23/h2-11H,1H3,(H,22,24)/t11-/m1/s1. The zero-order chi connectivity index (χ0) is 17.1. The first-order valence-electron chi connectivity index (χ1n) is 7.25. The molecule has 0 unspecified atom stereocenters. The minimum absolute atomic E-state index is 0.0179. The number of benzene rings is 2. The van der Waals surface area contributed by atoms with Crippen LogP contribution in [0.25, 0.3) is 5.69 Å². The average Bonchev–Trinajstić information content (AvgIpc) is 3.09. The van der Waals surface area contributed by atoms with Gasteiger partial charge in [0.1, 0.15) is 18.5 Å². The van der Waals surface area contributed by atoms with Crippen LogP contribution in [-0.4, -0.2) is 20.7 Å². The lowest BCUT2D eigenvalue weighted by Gasteiger charge is -2.15. The molecule has 1 aromatic heterocycles. The molecule has 1 N–H and O–H groups in total. The maximum atomic E-state index is 13.9. The number of halogens is 2. The topological polar surface area (TPSA) is 59.8 Å². The van der Waals surface area contributed by atoms with Crippen LogP contribution in [0.1, 0.15) is 28.9 Å². The van der Waals surface area contributed by atoms with E-state index in [0.29, 0.717) is 4.47 Å². The highest BCUT2D eigenvalue weighted by atomic mass is 79.9. The van der Waals surface area contributed by atoms with Crippen molar-refractivity contribution in [3.63, 3.8) is 0 Å². The van der Waals surface area contributed by atoms with E-state index < -0.39 is 11.7 Å². The van der Waals surface area contributed by atoms with Crippen LogP contribution in [0.4, 0.5) is 4.39 Å². The number of carbonyl (C=O) groups excluding carboxylic acids is 1. The zero-order valence-electron chi connectivity index (χ0n) is 12.8. The van der Waals surface area contributed by atoms with E-state index in [4.69, 9.17) is 0 Å². The van der Waals surface area contributed by atoms with Gasteiger partial charge >= 0.3 is 0 Å². The Kier molecular flexibility index (Phi) is 4.71. The van der Waals surface area contributed by atoms with Gasteiger partial charge in [-0.3, -0.25) is 4.79 Å². The van der Waals surface area contributed by atoms with Crippen molar-refractivity contribution in [2.24, 2.45) is 0 Å². The van der Waals surface area contributed by atoms with E-state index in [9.17, 15) is 9.18 Å². The molecule has 3 aromatic rings. The molecule has 5 nitrogen and oxygen atoms in total. The molecular weight excluding hydrogens is 375 g/mol. The Bertz CT molecular complexity index is 850. The first kappa shape index (κ1) is 16.3. The molecule has 0 aliphatic heterocycles. The Hall–Kier alpha value is -2.54. The van der Waals surface area contributed by atoms with Crippen LogP contribution in [0.3, 0.4) is 0 Å². The van der Waals surface area contributed by atoms with E-state index >= 15 is 0 Å². The van der Waals surface area contributed by atoms with Gasteiger partial charge in [0.25, 0.3) is 5.91 Å². The number of carbonyl (C=O) groups is 1. The van der Waals surface area contributed by atoms with E-state index in [1.165, 1.54) is 18.5 Å². The Morgan fingerprint density at radius 2 is 2.00 bits per heavy atom. The van der Waals surface area contributed by atoms with Crippen molar-refractivity contribution in [3.8, 4) is 5.69 Å². The van der Waals surface area contributed by atoms with E-state index in [-0.39, 0.29) is 11.6 Å². The Balaban J connectivity index is 1.72. The summed E-state index contributed by atoms with van der Waals surface area (Å²) in [6.07, 6.45) is 3.07. The summed E-state index contributed by atoms with van der Waals surface area (Å²) >= 11 is 3.17. The second kappa shape index (κ2) is 6.92. The van der Waals surface area contributed by atoms with E-state index in [1.807, 2.05) is 31.2 Å². The predicted octanol–water partition coefficient (Wildman–Crippen LogP) is 3.66. The van der Waals surface area contributed by atoms with Gasteiger partial charge in [-0.05, 0) is 42.8 Å². The smallest absolute Gasteiger partial charge is 0.254 e. The van der Waals surface area contributed by atoms with Gasteiger partial charge in [0.15, 0.2) is 0 Å². The molecule has 1 amide bonds. The Labute approximate surface area is 146 Å². The molecule has 7 heteroatoms. The summed E-state index contributed by atoms with van der Waals surface area (Å²) in [4.78, 5) is 16.1. The highest BCUT2D eigenvalue weighted by Crippen LogP contribution is 2.18. The predicted molar refractivity (Wildman–Crippen MR) is 91.3 cm³/mol. The number of hydrogen-bond donors (Lipinski definition) is 1. The molecule has 0 saturated carbocycles. The lowest BCUT2D eigenvalue weighted by atomic mass is 10.1. The molecule has 24 heavy (non-hydrogen) atoms. The largest absolute Gasteiger partial charge is 0.345 e. The van der Waals surface area contributed by atoms with Gasteiger partial charge in [-0.2, -0.15) is 5.10 Å². The van der Waals surface area contributed by atoms with E-state index in [1.54, 1.807) is 17.1 Å². The molecule has 0 aliphatic carbocycles. The van der Waals surface area contributed by atoms with Crippen LogP contribution in [-0.2, 0) is 0 Å². The van der Waals surface area contributed by atoms with Crippen molar-refractivity contribution in [3.05, 3.63) is 76.5 Å². The molecule has 0 saturated heterocycles. The minimum Gasteiger partial charge on any atom is -0.345 e. The van der Waals surface area contributed by atoms with Crippen LogP contribution >= 0.6 is 15.9 Å². The fourth-order valence-corrected chi connectivity index (χ4v) is 2.62. The number of aromatic nitrogens is 3. The van der Waals surface area contributed by atoms with Crippen LogP contribution in [0.15, 0.2) is 59.6 Å². The number of hydrogen-bond acceptors (Lipinski definition) is 3. The third kappa shape index (κ3) is 3.51. The fourth-order valence-electron chi connectivity index (χ4n) is 2.29. The summed E-state index contributed by atoms with van der Waals surface area (Å²) in [6.45, 7) is 1.85. The minimum atomic E-state index is -0.560. The monoisotopic (exact) mass is 388 g/mol. The summed E-state index contributed by atoms with van der Waals surface area (Å²) in [7, 11) is 0. The average molecular weight is 389 g/mol. The molecule has 2 aromatic carbocycles. The van der Waals surface area contributed by atoms with Crippen molar-refractivity contribution in [1.82, 2.24) is 20.1 Å². The molecule has 3 rings (SSSR count). The molecule has 0 fully saturated rings. The second-order valence-corrected chi connectivity index (χ2v) is 6.17. The number of nitrogens with zero attached hydrogens (tertiary/aromatic N) is 3. The van der Waals surface area contributed by atoms with Crippen molar-refractivity contribution in [2.45, 2.75) is 13.0 Å². The SMILES string of the molecule is C[C@@H](NC(=O)c1ccc(Br)cc1F)c1ccc(-n2cncn2)cc1. The second-order valence-electron chi connectivity index (χ2n) is 5.25. The quantitative estimate of drug-likeness (QED) is 0.741. The van der Waals surface area contributed by atoms with Gasteiger partial charge in [-0.1, -0.05) is 28.1 Å². The van der Waals surface area contributed by atoms with E-state index in [2.05, 4.69) is 31.3 Å². The first-order valence-corrected chi connectivity index (χ1v) is 8.05. The molecule has 0 spiro atoms. The van der Waals surface area contributed by atoms with Crippen molar-refractivity contribution < 1.29 is 9.18 Å². The van der Waals surface area contributed by atoms with Crippen LogP contribution in [0.2, 0.25) is 0 Å². The Morgan fingerprint density at radius 1 is 1.25 bits per heavy atom. The maximum Gasteiger partial charge on any atom is 0.254 e. The van der Waals surface area contributed by atoms with Crippen molar-refractivity contribution in [1.29, 1.82) is 0 Å². The molecule has 0 bridgehead atoms. The summed E-state index contributed by atoms with van der Waals surface area (Å²) in [6, 6.07) is 11.6. The third-order valence-corrected chi connectivity index (χ3v) is 4.09. The lowest BCUT2D eigenvalue weighted by Crippen LogP contribution is -2.27. The summed E-state index contributed by atoms with van der Waals surface area (Å²) in [5.74, 6) is -1.01. The van der Waals surface area contributed by atoms with Crippen LogP contribution < -0.4 is 5.32 Å². The summed E-state index contributed by atoms with van der Waals surface area (Å²) < 4.78 is 16.1. The normalized spacial score (nSPS) is 12.0. The first-order chi connectivity index (χ1) is 11.5. The van der Waals surface area contributed by atoms with Crippen molar-refractivity contribution in [2.75, 3.05) is 0 Å². The third-order valence-electron chi connectivity index (χ3n) is 3.60.